The van der Waals surface area contributed by atoms with Crippen molar-refractivity contribution in [1.82, 2.24) is 4.90 Å². The number of carbonyl (C=O) groups is 1. The molecule has 1 atom stereocenters. The van der Waals surface area contributed by atoms with E-state index in [0.29, 0.717) is 12.6 Å². The number of nitrogens with zero attached hydrogens (tertiary/aromatic N) is 2. The number of rotatable bonds is 2. The normalized spacial score (nSPS) is 22.4. The Balaban J connectivity index is 2.04. The van der Waals surface area contributed by atoms with Crippen LogP contribution in [0.15, 0.2) is 18.2 Å². The van der Waals surface area contributed by atoms with Crippen LogP contribution in [0.2, 0.25) is 0 Å². The standard InChI is InChI=1S/C16H22N2O3/c1-11(2)17-7-6-13-10-21-16(19)18(13)15-5-4-14(20-3)8-12(15)9-17/h4-5,8,11,13H,6-7,9-10H2,1-3H3. The van der Waals surface area contributed by atoms with Crippen molar-refractivity contribution in [3.8, 4) is 5.75 Å². The second-order valence-corrected chi connectivity index (χ2v) is 5.95. The molecule has 2 heterocycles. The molecule has 1 aromatic carbocycles. The quantitative estimate of drug-likeness (QED) is 0.839. The van der Waals surface area contributed by atoms with Gasteiger partial charge in [0.05, 0.1) is 18.8 Å². The Morgan fingerprint density at radius 2 is 2.19 bits per heavy atom. The van der Waals surface area contributed by atoms with Crippen LogP contribution in [0.5, 0.6) is 5.75 Å². The van der Waals surface area contributed by atoms with Crippen molar-refractivity contribution in [3.63, 3.8) is 0 Å². The summed E-state index contributed by atoms with van der Waals surface area (Å²) in [6.45, 7) is 6.67. The van der Waals surface area contributed by atoms with Gasteiger partial charge in [0.15, 0.2) is 0 Å². The third-order valence-electron chi connectivity index (χ3n) is 4.36. The maximum atomic E-state index is 12.1. The monoisotopic (exact) mass is 290 g/mol. The highest BCUT2D eigenvalue weighted by Gasteiger charge is 2.37. The van der Waals surface area contributed by atoms with Crippen molar-refractivity contribution in [2.75, 3.05) is 25.2 Å². The average molecular weight is 290 g/mol. The predicted octanol–water partition coefficient (Wildman–Crippen LogP) is 2.63. The van der Waals surface area contributed by atoms with Gasteiger partial charge in [-0.05, 0) is 44.0 Å². The van der Waals surface area contributed by atoms with Gasteiger partial charge in [0.25, 0.3) is 0 Å². The van der Waals surface area contributed by atoms with Gasteiger partial charge in [0, 0.05) is 19.1 Å². The first kappa shape index (κ1) is 14.2. The van der Waals surface area contributed by atoms with Crippen LogP contribution in [0.25, 0.3) is 0 Å². The van der Waals surface area contributed by atoms with E-state index >= 15 is 0 Å². The second-order valence-electron chi connectivity index (χ2n) is 5.95. The number of methoxy groups -OCH3 is 1. The van der Waals surface area contributed by atoms with Gasteiger partial charge in [-0.2, -0.15) is 0 Å². The van der Waals surface area contributed by atoms with Crippen molar-refractivity contribution < 1.29 is 14.3 Å². The van der Waals surface area contributed by atoms with E-state index in [9.17, 15) is 4.79 Å². The molecule has 5 nitrogen and oxygen atoms in total. The number of amides is 1. The Morgan fingerprint density at radius 3 is 2.90 bits per heavy atom. The first-order chi connectivity index (χ1) is 10.1. The maximum Gasteiger partial charge on any atom is 0.414 e. The minimum atomic E-state index is -0.232. The zero-order chi connectivity index (χ0) is 15.0. The molecule has 1 fully saturated rings. The molecule has 0 spiro atoms. The van der Waals surface area contributed by atoms with Crippen LogP contribution in [-0.4, -0.2) is 43.3 Å². The molecule has 0 aliphatic carbocycles. The lowest BCUT2D eigenvalue weighted by Crippen LogP contribution is -2.42. The summed E-state index contributed by atoms with van der Waals surface area (Å²) < 4.78 is 10.6. The Morgan fingerprint density at radius 1 is 1.38 bits per heavy atom. The molecule has 0 saturated carbocycles. The van der Waals surface area contributed by atoms with Gasteiger partial charge in [-0.3, -0.25) is 9.80 Å². The van der Waals surface area contributed by atoms with E-state index < -0.39 is 0 Å². The first-order valence-electron chi connectivity index (χ1n) is 7.47. The highest BCUT2D eigenvalue weighted by molar-refractivity contribution is 5.91. The molecule has 2 aliphatic heterocycles. The zero-order valence-electron chi connectivity index (χ0n) is 12.8. The number of cyclic esters (lactones) is 1. The van der Waals surface area contributed by atoms with E-state index in [1.54, 1.807) is 7.11 Å². The summed E-state index contributed by atoms with van der Waals surface area (Å²) in [7, 11) is 1.66. The highest BCUT2D eigenvalue weighted by atomic mass is 16.6. The highest BCUT2D eigenvalue weighted by Crippen LogP contribution is 2.34. The largest absolute Gasteiger partial charge is 0.497 e. The minimum absolute atomic E-state index is 0.131. The summed E-state index contributed by atoms with van der Waals surface area (Å²) >= 11 is 0. The number of hydrogen-bond acceptors (Lipinski definition) is 4. The summed E-state index contributed by atoms with van der Waals surface area (Å²) in [6, 6.07) is 6.50. The SMILES string of the molecule is COc1ccc2c(c1)CN(C(C)C)CCC1COC(=O)N21. The van der Waals surface area contributed by atoms with Crippen molar-refractivity contribution in [1.29, 1.82) is 0 Å². The minimum Gasteiger partial charge on any atom is -0.497 e. The average Bonchev–Trinajstić information content (AvgIpc) is 2.80. The smallest absolute Gasteiger partial charge is 0.414 e. The van der Waals surface area contributed by atoms with E-state index in [1.807, 2.05) is 23.1 Å². The van der Waals surface area contributed by atoms with Crippen molar-refractivity contribution in [3.05, 3.63) is 23.8 Å². The van der Waals surface area contributed by atoms with Crippen molar-refractivity contribution in [2.45, 2.75) is 38.9 Å². The van der Waals surface area contributed by atoms with E-state index in [-0.39, 0.29) is 12.1 Å². The number of carbonyl (C=O) groups excluding carboxylic acids is 1. The molecule has 0 radical (unpaired) electrons. The summed E-state index contributed by atoms with van der Waals surface area (Å²) in [5.41, 5.74) is 2.07. The Bertz CT molecular complexity index is 544. The van der Waals surface area contributed by atoms with Crippen molar-refractivity contribution in [2.24, 2.45) is 0 Å². The molecule has 3 rings (SSSR count). The van der Waals surface area contributed by atoms with Crippen LogP contribution in [0.1, 0.15) is 25.8 Å². The fourth-order valence-corrected chi connectivity index (χ4v) is 3.07. The van der Waals surface area contributed by atoms with Gasteiger partial charge < -0.3 is 9.47 Å². The Hall–Kier alpha value is -1.75. The number of benzene rings is 1. The van der Waals surface area contributed by atoms with Crippen LogP contribution in [0.3, 0.4) is 0 Å². The van der Waals surface area contributed by atoms with Gasteiger partial charge in [-0.25, -0.2) is 4.79 Å². The van der Waals surface area contributed by atoms with Crippen LogP contribution in [-0.2, 0) is 11.3 Å². The van der Waals surface area contributed by atoms with E-state index in [0.717, 1.165) is 36.5 Å². The summed E-state index contributed by atoms with van der Waals surface area (Å²) in [6.07, 6.45) is 0.708. The fourth-order valence-electron chi connectivity index (χ4n) is 3.07. The number of hydrogen-bond donors (Lipinski definition) is 0. The third kappa shape index (κ3) is 2.58. The maximum absolute atomic E-state index is 12.1. The summed E-state index contributed by atoms with van der Waals surface area (Å²) in [5, 5.41) is 0. The zero-order valence-corrected chi connectivity index (χ0v) is 12.8. The number of fused-ring (bicyclic) bond motifs is 3. The lowest BCUT2D eigenvalue weighted by molar-refractivity contribution is 0.175. The number of anilines is 1. The lowest BCUT2D eigenvalue weighted by Gasteiger charge is -2.34. The van der Waals surface area contributed by atoms with Crippen LogP contribution in [0.4, 0.5) is 10.5 Å². The van der Waals surface area contributed by atoms with Gasteiger partial charge in [0.2, 0.25) is 0 Å². The summed E-state index contributed by atoms with van der Waals surface area (Å²) in [4.78, 5) is 16.3. The molecule has 0 aromatic heterocycles. The molecule has 1 unspecified atom stereocenters. The number of ether oxygens (including phenoxy) is 2. The summed E-state index contributed by atoms with van der Waals surface area (Å²) in [5.74, 6) is 0.821. The lowest BCUT2D eigenvalue weighted by atomic mass is 10.0. The predicted molar refractivity (Wildman–Crippen MR) is 80.8 cm³/mol. The molecule has 5 heteroatoms. The molecule has 1 amide bonds. The van der Waals surface area contributed by atoms with Gasteiger partial charge in [-0.1, -0.05) is 0 Å². The second kappa shape index (κ2) is 5.56. The Labute approximate surface area is 125 Å². The molecular formula is C16H22N2O3. The topological polar surface area (TPSA) is 42.0 Å². The van der Waals surface area contributed by atoms with Crippen molar-refractivity contribution >= 4 is 11.8 Å². The molecule has 21 heavy (non-hydrogen) atoms. The van der Waals surface area contributed by atoms with Crippen LogP contribution >= 0.6 is 0 Å². The van der Waals surface area contributed by atoms with Crippen LogP contribution < -0.4 is 9.64 Å². The Kier molecular flexibility index (Phi) is 3.76. The van der Waals surface area contributed by atoms with E-state index in [2.05, 4.69) is 18.7 Å². The molecular weight excluding hydrogens is 268 g/mol. The molecule has 0 N–H and O–H groups in total. The fraction of sp³-hybridized carbons (Fsp3) is 0.562. The van der Waals surface area contributed by atoms with E-state index in [4.69, 9.17) is 9.47 Å². The van der Waals surface area contributed by atoms with Crippen LogP contribution in [0, 0.1) is 0 Å². The molecule has 2 aliphatic rings. The van der Waals surface area contributed by atoms with Gasteiger partial charge in [-0.15, -0.1) is 0 Å². The molecule has 114 valence electrons. The molecule has 0 bridgehead atoms. The molecule has 1 aromatic rings. The molecule has 1 saturated heterocycles. The first-order valence-corrected chi connectivity index (χ1v) is 7.47. The van der Waals surface area contributed by atoms with Gasteiger partial charge >= 0.3 is 6.09 Å². The van der Waals surface area contributed by atoms with Gasteiger partial charge in [0.1, 0.15) is 12.4 Å². The van der Waals surface area contributed by atoms with E-state index in [1.165, 1.54) is 0 Å². The third-order valence-corrected chi connectivity index (χ3v) is 4.36.